The number of amides is 2. The largest absolute Gasteiger partial charge is 0.543 e. The highest BCUT2D eigenvalue weighted by Crippen LogP contribution is 2.40. The minimum Gasteiger partial charge on any atom is -0.543 e. The number of thioether (sulfide) groups is 1. The first-order valence-corrected chi connectivity index (χ1v) is 16.3. The van der Waals surface area contributed by atoms with Crippen LogP contribution in [0.3, 0.4) is 0 Å². The summed E-state index contributed by atoms with van der Waals surface area (Å²) in [6.45, 7) is 3.16. The number of oxime groups is 1. The van der Waals surface area contributed by atoms with Gasteiger partial charge in [0.25, 0.3) is 11.8 Å². The van der Waals surface area contributed by atoms with Crippen LogP contribution in [0.15, 0.2) is 57.4 Å². The van der Waals surface area contributed by atoms with Crippen LogP contribution in [0.4, 0.5) is 5.13 Å². The number of carbonyl (C=O) groups is 5. The molecule has 2 aliphatic heterocycles. The number of rotatable bonds is 14. The highest BCUT2D eigenvalue weighted by molar-refractivity contribution is 8.00. The summed E-state index contributed by atoms with van der Waals surface area (Å²) in [6.07, 6.45) is 4.51. The number of fused-ring (bicyclic) bond motifs is 1. The zero-order valence-electron chi connectivity index (χ0n) is 26.3. The normalized spacial score (nSPS) is 17.8. The maximum absolute atomic E-state index is 13.1. The second-order valence-corrected chi connectivity index (χ2v) is 13.0. The van der Waals surface area contributed by atoms with Gasteiger partial charge in [-0.3, -0.25) is 24.3 Å². The van der Waals surface area contributed by atoms with Crippen molar-refractivity contribution in [1.29, 1.82) is 0 Å². The Morgan fingerprint density at radius 3 is 2.45 bits per heavy atom. The van der Waals surface area contributed by atoms with E-state index < -0.39 is 52.8 Å². The van der Waals surface area contributed by atoms with Crippen molar-refractivity contribution in [2.75, 3.05) is 18.0 Å². The Labute approximate surface area is 287 Å². The monoisotopic (exact) mass is 720 g/mol. The van der Waals surface area contributed by atoms with Gasteiger partial charge in [0.2, 0.25) is 5.60 Å². The molecule has 2 aliphatic rings. The Kier molecular flexibility index (Phi) is 13.0. The topological polar surface area (TPSA) is 319 Å². The van der Waals surface area contributed by atoms with Crippen LogP contribution in [0.5, 0.6) is 0 Å². The lowest BCUT2D eigenvalue weighted by Gasteiger charge is -2.50. The van der Waals surface area contributed by atoms with Crippen molar-refractivity contribution >= 4 is 69.6 Å². The van der Waals surface area contributed by atoms with Gasteiger partial charge in [-0.2, -0.15) is 0 Å². The molecule has 21 heteroatoms. The van der Waals surface area contributed by atoms with Gasteiger partial charge in [0, 0.05) is 35.4 Å². The quantitative estimate of drug-likeness (QED) is 0.0258. The number of β-lactam (4-membered cyclic amide) rings is 1. The van der Waals surface area contributed by atoms with E-state index in [1.807, 2.05) is 6.07 Å². The molecule has 0 spiro atoms. The molecule has 1 unspecified atom stereocenters. The third-order valence-corrected chi connectivity index (χ3v) is 8.84. The lowest BCUT2D eigenvalue weighted by atomic mass is 10.0. The number of hydrogen-bond donors (Lipinski definition) is 7. The van der Waals surface area contributed by atoms with Gasteiger partial charge in [-0.1, -0.05) is 11.2 Å². The first-order valence-electron chi connectivity index (χ1n) is 14.4. The molecule has 49 heavy (non-hydrogen) atoms. The molecule has 0 aliphatic carbocycles. The second-order valence-electron chi connectivity index (χ2n) is 11.0. The van der Waals surface area contributed by atoms with Gasteiger partial charge in [-0.05, 0) is 26.7 Å². The van der Waals surface area contributed by atoms with Gasteiger partial charge >= 0.3 is 11.9 Å². The summed E-state index contributed by atoms with van der Waals surface area (Å²) < 4.78 is 1.78. The molecule has 11 N–H and O–H groups in total. The number of aliphatic carboxylic acids is 3. The summed E-state index contributed by atoms with van der Waals surface area (Å²) in [4.78, 5) is 73.5. The van der Waals surface area contributed by atoms with Gasteiger partial charge in [-0.25, -0.2) is 14.3 Å². The minimum atomic E-state index is -1.75. The Bertz CT molecular complexity index is 1660. The average Bonchev–Trinajstić information content (AvgIpc) is 3.47. The van der Waals surface area contributed by atoms with Crippen molar-refractivity contribution in [3.8, 4) is 0 Å². The fourth-order valence-corrected chi connectivity index (χ4v) is 6.09. The van der Waals surface area contributed by atoms with Crippen LogP contribution in [-0.4, -0.2) is 96.8 Å². The molecule has 1 fully saturated rings. The molecule has 19 nitrogen and oxygen atoms in total. The zero-order valence-corrected chi connectivity index (χ0v) is 28.0. The van der Waals surface area contributed by atoms with E-state index in [9.17, 15) is 34.2 Å². The summed E-state index contributed by atoms with van der Waals surface area (Å²) in [5.74, 6) is -4.99. The predicted octanol–water partition coefficient (Wildman–Crippen LogP) is -2.85. The van der Waals surface area contributed by atoms with Crippen LogP contribution in [0.1, 0.15) is 32.4 Å². The number of aliphatic imine (C=N–C) groups is 1. The standard InChI is InChI=1S/C22H22N6O7S2.C6H14N4O2/c1-22(2,20(33)34)35-26-13(12-10-37-21(23)24-12)16(29)25-14-17(30)28-15(19(31)32)11(9-36-18(14)28)8-27-6-4-3-5-7-27;7-4(5(11)12)2-1-3-10-6(8)9/h3-7,10,14,18H,8-9H2,1-2H3,(H4-,23,24,25,29,31,32,33,34);4H,1-3,7H2,(H,11,12)(H4,8,9,10)/b26-13-;/t14-,18-;/m1./s1. The van der Waals surface area contributed by atoms with Gasteiger partial charge in [0.1, 0.15) is 23.2 Å². The number of carbonyl (C=O) groups excluding carboxylic acids is 3. The number of aromatic nitrogens is 2. The SMILES string of the molecule is CC(C)(O/N=C(\C(=O)N[C@@H]1C(=O)N2C(C(=O)[O-])=C(C[n+]3ccccc3)CS[C@H]12)c1csc(N)n1)C(=O)O.NC(N)=NCCCC(N)C(=O)O. The second kappa shape index (κ2) is 16.7. The Morgan fingerprint density at radius 2 is 1.90 bits per heavy atom. The van der Waals surface area contributed by atoms with Gasteiger partial charge in [0.15, 0.2) is 35.7 Å². The molecule has 4 rings (SSSR count). The summed E-state index contributed by atoms with van der Waals surface area (Å²) in [5, 5.41) is 36.7. The first-order chi connectivity index (χ1) is 23.0. The summed E-state index contributed by atoms with van der Waals surface area (Å²) >= 11 is 2.32. The lowest BCUT2D eigenvalue weighted by molar-refractivity contribution is -0.689. The van der Waals surface area contributed by atoms with Crippen LogP contribution in [0.25, 0.3) is 0 Å². The Hall–Kier alpha value is -5.28. The fourth-order valence-electron chi connectivity index (χ4n) is 4.21. The lowest BCUT2D eigenvalue weighted by Crippen LogP contribution is -2.71. The number of guanidine groups is 1. The zero-order chi connectivity index (χ0) is 36.5. The number of nitrogens with one attached hydrogen (secondary N) is 1. The molecule has 3 atom stereocenters. The molecular weight excluding hydrogens is 685 g/mol. The van der Waals surface area contributed by atoms with Crippen molar-refractivity contribution in [2.45, 2.75) is 56.3 Å². The molecule has 2 aromatic heterocycles. The number of nitrogen functional groups attached to an aromatic ring is 1. The molecule has 0 bridgehead atoms. The fraction of sp³-hybridized carbons (Fsp3) is 0.393. The van der Waals surface area contributed by atoms with Crippen LogP contribution in [0, 0.1) is 0 Å². The Balaban J connectivity index is 0.000000463. The maximum atomic E-state index is 13.1. The molecule has 264 valence electrons. The van der Waals surface area contributed by atoms with E-state index in [-0.39, 0.29) is 34.7 Å². The van der Waals surface area contributed by atoms with E-state index in [1.54, 1.807) is 29.1 Å². The molecule has 1 saturated heterocycles. The van der Waals surface area contributed by atoms with E-state index in [4.69, 9.17) is 32.9 Å². The van der Waals surface area contributed by atoms with Crippen LogP contribution >= 0.6 is 23.1 Å². The van der Waals surface area contributed by atoms with Crippen molar-refractivity contribution in [1.82, 2.24) is 15.2 Å². The highest BCUT2D eigenvalue weighted by Gasteiger charge is 2.53. The van der Waals surface area contributed by atoms with E-state index >= 15 is 0 Å². The van der Waals surface area contributed by atoms with Gasteiger partial charge < -0.3 is 53.2 Å². The molecule has 2 aromatic rings. The van der Waals surface area contributed by atoms with Crippen molar-refractivity contribution < 1.29 is 48.7 Å². The number of thiazole rings is 1. The number of nitrogens with zero attached hydrogens (tertiary/aromatic N) is 5. The third kappa shape index (κ3) is 10.1. The molecule has 2 amide bonds. The third-order valence-electron chi connectivity index (χ3n) is 6.82. The van der Waals surface area contributed by atoms with E-state index in [2.05, 4.69) is 20.4 Å². The first kappa shape index (κ1) is 38.2. The van der Waals surface area contributed by atoms with E-state index in [1.165, 1.54) is 31.0 Å². The van der Waals surface area contributed by atoms with Crippen molar-refractivity contribution in [3.05, 3.63) is 52.9 Å². The molecular formula is C28H36N10O9S2. The number of carboxylic acids is 3. The number of pyridine rings is 1. The van der Waals surface area contributed by atoms with Crippen LogP contribution < -0.4 is 37.9 Å². The highest BCUT2D eigenvalue weighted by atomic mass is 32.2. The molecule has 0 radical (unpaired) electrons. The van der Waals surface area contributed by atoms with E-state index in [0.29, 0.717) is 30.7 Å². The van der Waals surface area contributed by atoms with Gasteiger partial charge in [0.05, 0.1) is 11.7 Å². The Morgan fingerprint density at radius 1 is 1.22 bits per heavy atom. The summed E-state index contributed by atoms with van der Waals surface area (Å²) in [7, 11) is 0. The molecule has 0 saturated carbocycles. The smallest absolute Gasteiger partial charge is 0.350 e. The summed E-state index contributed by atoms with van der Waals surface area (Å²) in [5.41, 5.74) is 19.2. The van der Waals surface area contributed by atoms with Crippen molar-refractivity contribution in [2.24, 2.45) is 27.3 Å². The maximum Gasteiger partial charge on any atom is 0.350 e. The minimum absolute atomic E-state index is 0.0129. The molecule has 4 heterocycles. The van der Waals surface area contributed by atoms with E-state index in [0.717, 1.165) is 16.2 Å². The van der Waals surface area contributed by atoms with Gasteiger partial charge in [-0.15, -0.1) is 23.1 Å². The number of nitrogens with two attached hydrogens (primary N) is 4. The number of anilines is 1. The number of hydrogen-bond acceptors (Lipinski definition) is 14. The van der Waals surface area contributed by atoms with Crippen LogP contribution in [0.2, 0.25) is 0 Å². The molecule has 0 aromatic carbocycles. The predicted molar refractivity (Wildman–Crippen MR) is 175 cm³/mol. The van der Waals surface area contributed by atoms with Crippen molar-refractivity contribution in [3.63, 3.8) is 0 Å². The number of carboxylic acid groups (broad SMARTS) is 3. The van der Waals surface area contributed by atoms with Crippen LogP contribution in [-0.2, 0) is 35.4 Å². The summed E-state index contributed by atoms with van der Waals surface area (Å²) in [6, 6.07) is 3.54. The average molecular weight is 721 g/mol.